The average molecular weight is 367 g/mol. The monoisotopic (exact) mass is 367 g/mol. The molecular weight excluding hydrogens is 346 g/mol. The lowest BCUT2D eigenvalue weighted by Crippen LogP contribution is -2.06. The number of nitrogens with zero attached hydrogens (tertiary/aromatic N) is 1. The smallest absolute Gasteiger partial charge is 0.338 e. The van der Waals surface area contributed by atoms with E-state index in [0.29, 0.717) is 17.9 Å². The standard InChI is InChI=1S/C21H21NO5/c1-14-20(15(2)27-22-14)13-25-19-9-5-7-17(11-19)21(23)26-12-16-6-4-8-18(10-16)24-3/h4-11H,12-13H2,1-3H3. The average Bonchev–Trinajstić information content (AvgIpc) is 3.02. The minimum absolute atomic E-state index is 0.167. The molecule has 0 aliphatic rings. The number of aromatic nitrogens is 1. The van der Waals surface area contributed by atoms with Gasteiger partial charge >= 0.3 is 5.97 Å². The maximum absolute atomic E-state index is 12.3. The van der Waals surface area contributed by atoms with E-state index < -0.39 is 5.97 Å². The van der Waals surface area contributed by atoms with Gasteiger partial charge in [0.15, 0.2) is 0 Å². The topological polar surface area (TPSA) is 70.8 Å². The molecule has 0 fully saturated rings. The van der Waals surface area contributed by atoms with Gasteiger partial charge in [-0.1, -0.05) is 23.4 Å². The summed E-state index contributed by atoms with van der Waals surface area (Å²) in [6.45, 7) is 4.19. The second-order valence-electron chi connectivity index (χ2n) is 6.05. The van der Waals surface area contributed by atoms with Gasteiger partial charge in [0.25, 0.3) is 0 Å². The number of ether oxygens (including phenoxy) is 3. The van der Waals surface area contributed by atoms with Crippen LogP contribution < -0.4 is 9.47 Å². The Morgan fingerprint density at radius 1 is 1.04 bits per heavy atom. The molecule has 1 aromatic heterocycles. The van der Waals surface area contributed by atoms with Gasteiger partial charge in [-0.05, 0) is 49.7 Å². The highest BCUT2D eigenvalue weighted by Gasteiger charge is 2.12. The van der Waals surface area contributed by atoms with Gasteiger partial charge in [0.2, 0.25) is 0 Å². The Labute approximate surface area is 157 Å². The van der Waals surface area contributed by atoms with E-state index in [4.69, 9.17) is 18.7 Å². The Bertz CT molecular complexity index is 912. The van der Waals surface area contributed by atoms with Crippen molar-refractivity contribution in [1.82, 2.24) is 5.16 Å². The fourth-order valence-electron chi connectivity index (χ4n) is 2.57. The highest BCUT2D eigenvalue weighted by molar-refractivity contribution is 5.89. The number of hydrogen-bond donors (Lipinski definition) is 0. The molecule has 0 radical (unpaired) electrons. The molecule has 0 spiro atoms. The van der Waals surface area contributed by atoms with Crippen molar-refractivity contribution in [3.8, 4) is 11.5 Å². The van der Waals surface area contributed by atoms with Crippen molar-refractivity contribution in [3.05, 3.63) is 76.7 Å². The first-order chi connectivity index (χ1) is 13.1. The van der Waals surface area contributed by atoms with Crippen LogP contribution in [0, 0.1) is 13.8 Å². The quantitative estimate of drug-likeness (QED) is 0.582. The van der Waals surface area contributed by atoms with Gasteiger partial charge in [-0.15, -0.1) is 0 Å². The number of hydrogen-bond acceptors (Lipinski definition) is 6. The molecule has 0 amide bonds. The normalized spacial score (nSPS) is 10.5. The summed E-state index contributed by atoms with van der Waals surface area (Å²) in [5.41, 5.74) is 2.98. The minimum atomic E-state index is -0.416. The molecule has 3 rings (SSSR count). The SMILES string of the molecule is COc1cccc(COC(=O)c2cccc(OCc3c(C)noc3C)c2)c1. The molecule has 0 bridgehead atoms. The van der Waals surface area contributed by atoms with E-state index in [1.165, 1.54) is 0 Å². The summed E-state index contributed by atoms with van der Waals surface area (Å²) in [4.78, 5) is 12.3. The summed E-state index contributed by atoms with van der Waals surface area (Å²) in [5, 5.41) is 3.90. The van der Waals surface area contributed by atoms with Crippen LogP contribution >= 0.6 is 0 Å². The highest BCUT2D eigenvalue weighted by atomic mass is 16.5. The van der Waals surface area contributed by atoms with E-state index >= 15 is 0 Å². The zero-order chi connectivity index (χ0) is 19.2. The van der Waals surface area contributed by atoms with Crippen LogP contribution in [-0.2, 0) is 18.0 Å². The zero-order valence-electron chi connectivity index (χ0n) is 15.5. The van der Waals surface area contributed by atoms with Crippen LogP contribution in [0.5, 0.6) is 11.5 Å². The Hall–Kier alpha value is -3.28. The van der Waals surface area contributed by atoms with Crippen molar-refractivity contribution in [2.45, 2.75) is 27.1 Å². The molecule has 0 aliphatic heterocycles. The third kappa shape index (κ3) is 4.67. The Morgan fingerprint density at radius 3 is 2.56 bits per heavy atom. The fraction of sp³-hybridized carbons (Fsp3) is 0.238. The van der Waals surface area contributed by atoms with E-state index in [-0.39, 0.29) is 6.61 Å². The summed E-state index contributed by atoms with van der Waals surface area (Å²) in [7, 11) is 1.60. The number of esters is 1. The molecule has 140 valence electrons. The Kier molecular flexibility index (Phi) is 5.76. The fourth-order valence-corrected chi connectivity index (χ4v) is 2.57. The summed E-state index contributed by atoms with van der Waals surface area (Å²) in [6, 6.07) is 14.3. The van der Waals surface area contributed by atoms with Crippen LogP contribution in [0.15, 0.2) is 53.1 Å². The molecule has 6 heteroatoms. The lowest BCUT2D eigenvalue weighted by molar-refractivity contribution is 0.0472. The van der Waals surface area contributed by atoms with Gasteiger partial charge in [0, 0.05) is 0 Å². The van der Waals surface area contributed by atoms with Gasteiger partial charge in [-0.3, -0.25) is 0 Å². The molecular formula is C21H21NO5. The van der Waals surface area contributed by atoms with E-state index in [9.17, 15) is 4.79 Å². The zero-order valence-corrected chi connectivity index (χ0v) is 15.5. The number of carbonyl (C=O) groups excluding carboxylic acids is 1. The summed E-state index contributed by atoms with van der Waals surface area (Å²) >= 11 is 0. The first-order valence-electron chi connectivity index (χ1n) is 8.51. The summed E-state index contributed by atoms with van der Waals surface area (Å²) in [6.07, 6.45) is 0. The van der Waals surface area contributed by atoms with Crippen LogP contribution in [0.3, 0.4) is 0 Å². The number of aryl methyl sites for hydroxylation is 2. The largest absolute Gasteiger partial charge is 0.497 e. The van der Waals surface area contributed by atoms with Gasteiger partial charge in [0.05, 0.1) is 23.9 Å². The van der Waals surface area contributed by atoms with Gasteiger partial charge in [-0.2, -0.15) is 0 Å². The molecule has 27 heavy (non-hydrogen) atoms. The maximum atomic E-state index is 12.3. The first-order valence-corrected chi connectivity index (χ1v) is 8.51. The van der Waals surface area contributed by atoms with Gasteiger partial charge < -0.3 is 18.7 Å². The van der Waals surface area contributed by atoms with Crippen LogP contribution in [0.25, 0.3) is 0 Å². The molecule has 2 aromatic carbocycles. The number of rotatable bonds is 7. The lowest BCUT2D eigenvalue weighted by atomic mass is 10.2. The Balaban J connectivity index is 1.61. The number of carbonyl (C=O) groups is 1. The van der Waals surface area contributed by atoms with Gasteiger partial charge in [-0.25, -0.2) is 4.79 Å². The van der Waals surface area contributed by atoms with Crippen LogP contribution in [0.1, 0.15) is 32.9 Å². The van der Waals surface area contributed by atoms with E-state index in [1.807, 2.05) is 38.1 Å². The molecule has 0 N–H and O–H groups in total. The molecule has 0 aliphatic carbocycles. The van der Waals surface area contributed by atoms with Crippen LogP contribution in [-0.4, -0.2) is 18.2 Å². The molecule has 1 heterocycles. The first kappa shape index (κ1) is 18.5. The van der Waals surface area contributed by atoms with E-state index in [0.717, 1.165) is 28.3 Å². The van der Waals surface area contributed by atoms with Crippen molar-refractivity contribution in [3.63, 3.8) is 0 Å². The van der Waals surface area contributed by atoms with Crippen LogP contribution in [0.2, 0.25) is 0 Å². The van der Waals surface area contributed by atoms with E-state index in [1.54, 1.807) is 31.4 Å². The van der Waals surface area contributed by atoms with Crippen LogP contribution in [0.4, 0.5) is 0 Å². The summed E-state index contributed by atoms with van der Waals surface area (Å²) in [5.74, 6) is 1.60. The third-order valence-electron chi connectivity index (χ3n) is 4.14. The molecule has 0 saturated heterocycles. The number of benzene rings is 2. The third-order valence-corrected chi connectivity index (χ3v) is 4.14. The second kappa shape index (κ2) is 8.40. The highest BCUT2D eigenvalue weighted by Crippen LogP contribution is 2.19. The predicted molar refractivity (Wildman–Crippen MR) is 98.9 cm³/mol. The van der Waals surface area contributed by atoms with Crippen molar-refractivity contribution < 1.29 is 23.5 Å². The maximum Gasteiger partial charge on any atom is 0.338 e. The lowest BCUT2D eigenvalue weighted by Gasteiger charge is -2.09. The molecule has 3 aromatic rings. The predicted octanol–water partition coefficient (Wildman–Crippen LogP) is 4.24. The van der Waals surface area contributed by atoms with E-state index in [2.05, 4.69) is 5.16 Å². The summed E-state index contributed by atoms with van der Waals surface area (Å²) < 4.78 is 21.4. The van der Waals surface area contributed by atoms with Crippen molar-refractivity contribution in [2.75, 3.05) is 7.11 Å². The van der Waals surface area contributed by atoms with Gasteiger partial charge in [0.1, 0.15) is 30.5 Å². The molecule has 0 saturated carbocycles. The molecule has 0 unspecified atom stereocenters. The van der Waals surface area contributed by atoms with Crippen molar-refractivity contribution in [1.29, 1.82) is 0 Å². The molecule has 6 nitrogen and oxygen atoms in total. The second-order valence-corrected chi connectivity index (χ2v) is 6.05. The minimum Gasteiger partial charge on any atom is -0.497 e. The molecule has 0 atom stereocenters. The van der Waals surface area contributed by atoms with Crippen molar-refractivity contribution >= 4 is 5.97 Å². The Morgan fingerprint density at radius 2 is 1.81 bits per heavy atom. The van der Waals surface area contributed by atoms with Crippen molar-refractivity contribution in [2.24, 2.45) is 0 Å². The number of methoxy groups -OCH3 is 1.